The van der Waals surface area contributed by atoms with Crippen LogP contribution in [0.25, 0.3) is 0 Å². The van der Waals surface area contributed by atoms with Gasteiger partial charge in [-0.25, -0.2) is 0 Å². The zero-order valence-electron chi connectivity index (χ0n) is 12.6. The van der Waals surface area contributed by atoms with E-state index in [4.69, 9.17) is 0 Å². The van der Waals surface area contributed by atoms with E-state index in [1.165, 1.54) is 32.1 Å². The molecule has 1 aromatic rings. The smallest absolute Gasteiger partial charge is 0.162 e. The number of piperazine rings is 1. The topological polar surface area (TPSA) is 55.7 Å². The highest BCUT2D eigenvalue weighted by atomic mass is 16.3. The zero-order valence-corrected chi connectivity index (χ0v) is 12.6. The van der Waals surface area contributed by atoms with Crippen molar-refractivity contribution in [3.63, 3.8) is 0 Å². The molecule has 3 N–H and O–H groups in total. The van der Waals surface area contributed by atoms with Crippen molar-refractivity contribution < 1.29 is 10.2 Å². The third kappa shape index (κ3) is 3.16. The van der Waals surface area contributed by atoms with E-state index in [0.717, 1.165) is 31.7 Å². The van der Waals surface area contributed by atoms with Crippen molar-refractivity contribution >= 4 is 0 Å². The number of para-hydroxylation sites is 1. The summed E-state index contributed by atoms with van der Waals surface area (Å²) in [5, 5.41) is 23.6. The fourth-order valence-electron chi connectivity index (χ4n) is 3.95. The maximum atomic E-state index is 10.3. The van der Waals surface area contributed by atoms with Crippen LogP contribution in [0.2, 0.25) is 0 Å². The van der Waals surface area contributed by atoms with Gasteiger partial charge in [0, 0.05) is 37.8 Å². The van der Waals surface area contributed by atoms with E-state index < -0.39 is 0 Å². The Hall–Kier alpha value is -1.26. The van der Waals surface area contributed by atoms with Crippen LogP contribution in [-0.2, 0) is 0 Å². The first-order chi connectivity index (χ1) is 10.3. The van der Waals surface area contributed by atoms with Crippen LogP contribution < -0.4 is 5.32 Å². The van der Waals surface area contributed by atoms with Crippen LogP contribution in [-0.4, -0.2) is 41.3 Å². The van der Waals surface area contributed by atoms with Gasteiger partial charge in [0.15, 0.2) is 11.5 Å². The number of benzene rings is 1. The first kappa shape index (κ1) is 14.7. The van der Waals surface area contributed by atoms with E-state index in [2.05, 4.69) is 10.2 Å². The summed E-state index contributed by atoms with van der Waals surface area (Å²) in [5.74, 6) is 0.666. The number of hydrogen-bond donors (Lipinski definition) is 3. The van der Waals surface area contributed by atoms with E-state index >= 15 is 0 Å². The van der Waals surface area contributed by atoms with Crippen molar-refractivity contribution in [2.75, 3.05) is 26.2 Å². The largest absolute Gasteiger partial charge is 0.504 e. The summed E-state index contributed by atoms with van der Waals surface area (Å²) >= 11 is 0. The summed E-state index contributed by atoms with van der Waals surface area (Å²) < 4.78 is 0. The summed E-state index contributed by atoms with van der Waals surface area (Å²) in [5.41, 5.74) is 0.906. The second kappa shape index (κ2) is 6.67. The highest BCUT2D eigenvalue weighted by Gasteiger charge is 2.32. The molecule has 21 heavy (non-hydrogen) atoms. The summed E-state index contributed by atoms with van der Waals surface area (Å²) in [7, 11) is 0. The minimum atomic E-state index is 0.00319. The van der Waals surface area contributed by atoms with Gasteiger partial charge >= 0.3 is 0 Å². The van der Waals surface area contributed by atoms with E-state index in [1.54, 1.807) is 6.07 Å². The lowest BCUT2D eigenvalue weighted by molar-refractivity contribution is 0.101. The maximum absolute atomic E-state index is 10.3. The Morgan fingerprint density at radius 2 is 1.76 bits per heavy atom. The average molecular weight is 290 g/mol. The van der Waals surface area contributed by atoms with Gasteiger partial charge in [0.25, 0.3) is 0 Å². The molecule has 0 aromatic heterocycles. The van der Waals surface area contributed by atoms with Crippen LogP contribution in [0.4, 0.5) is 0 Å². The summed E-state index contributed by atoms with van der Waals surface area (Å²) in [6.07, 6.45) is 6.35. The molecule has 1 saturated heterocycles. The lowest BCUT2D eigenvalue weighted by Crippen LogP contribution is -2.47. The quantitative estimate of drug-likeness (QED) is 0.749. The molecule has 1 aliphatic heterocycles. The fraction of sp³-hybridized carbons (Fsp3) is 0.647. The van der Waals surface area contributed by atoms with Crippen molar-refractivity contribution in [3.05, 3.63) is 23.8 Å². The van der Waals surface area contributed by atoms with Gasteiger partial charge in [0.2, 0.25) is 0 Å². The Balaban J connectivity index is 1.91. The molecular formula is C17H26N2O2. The first-order valence-electron chi connectivity index (χ1n) is 8.23. The second-order valence-corrected chi connectivity index (χ2v) is 6.34. The maximum Gasteiger partial charge on any atom is 0.162 e. The Bertz CT molecular complexity index is 448. The standard InChI is InChI=1S/C17H26N2O2/c20-15-8-4-7-14(17(15)21)16(13-5-2-1-3-6-13)19-11-9-18-10-12-19/h4,7-8,13,16,18,20-21H,1-3,5-6,9-12H2/t16-/m0/s1. The number of nitrogens with zero attached hydrogens (tertiary/aromatic N) is 1. The van der Waals surface area contributed by atoms with Crippen molar-refractivity contribution in [3.8, 4) is 11.5 Å². The minimum Gasteiger partial charge on any atom is -0.504 e. The minimum absolute atomic E-state index is 0.00319. The Labute approximate surface area is 126 Å². The molecule has 1 saturated carbocycles. The summed E-state index contributed by atoms with van der Waals surface area (Å²) in [6.45, 7) is 4.03. The molecule has 1 atom stereocenters. The molecule has 116 valence electrons. The first-order valence-corrected chi connectivity index (χ1v) is 8.23. The van der Waals surface area contributed by atoms with E-state index in [9.17, 15) is 10.2 Å². The molecule has 1 aromatic carbocycles. The molecule has 0 bridgehead atoms. The third-order valence-electron chi connectivity index (χ3n) is 5.01. The van der Waals surface area contributed by atoms with Crippen molar-refractivity contribution in [2.24, 2.45) is 5.92 Å². The van der Waals surface area contributed by atoms with Crippen LogP contribution >= 0.6 is 0 Å². The highest BCUT2D eigenvalue weighted by molar-refractivity contribution is 5.46. The van der Waals surface area contributed by atoms with Gasteiger partial charge in [-0.3, -0.25) is 4.90 Å². The van der Waals surface area contributed by atoms with Crippen molar-refractivity contribution in [2.45, 2.75) is 38.1 Å². The van der Waals surface area contributed by atoms with Crippen molar-refractivity contribution in [1.29, 1.82) is 0 Å². The van der Waals surface area contributed by atoms with Crippen molar-refractivity contribution in [1.82, 2.24) is 10.2 Å². The number of hydrogen-bond acceptors (Lipinski definition) is 4. The van der Waals surface area contributed by atoms with Crippen LogP contribution in [0.15, 0.2) is 18.2 Å². The van der Waals surface area contributed by atoms with Gasteiger partial charge in [-0.2, -0.15) is 0 Å². The predicted octanol–water partition coefficient (Wildman–Crippen LogP) is 2.62. The van der Waals surface area contributed by atoms with Crippen LogP contribution in [0.5, 0.6) is 11.5 Å². The number of rotatable bonds is 3. The molecule has 0 spiro atoms. The average Bonchev–Trinajstić information content (AvgIpc) is 2.54. The van der Waals surface area contributed by atoms with Gasteiger partial charge in [0.1, 0.15) is 0 Å². The molecule has 4 nitrogen and oxygen atoms in total. The predicted molar refractivity (Wildman–Crippen MR) is 83.5 cm³/mol. The molecule has 1 aliphatic carbocycles. The lowest BCUT2D eigenvalue weighted by Gasteiger charge is -2.41. The number of phenols is 2. The molecule has 1 heterocycles. The van der Waals surface area contributed by atoms with Crippen LogP contribution in [0.3, 0.4) is 0 Å². The molecule has 2 fully saturated rings. The van der Waals surface area contributed by atoms with Crippen LogP contribution in [0, 0.1) is 5.92 Å². The molecular weight excluding hydrogens is 264 g/mol. The van der Waals surface area contributed by atoms with Gasteiger partial charge in [-0.15, -0.1) is 0 Å². The van der Waals surface area contributed by atoms with Gasteiger partial charge in [-0.1, -0.05) is 31.4 Å². The Kier molecular flexibility index (Phi) is 4.66. The van der Waals surface area contributed by atoms with Gasteiger partial charge < -0.3 is 15.5 Å². The normalized spacial score (nSPS) is 23.0. The fourth-order valence-corrected chi connectivity index (χ4v) is 3.95. The lowest BCUT2D eigenvalue weighted by atomic mass is 9.80. The second-order valence-electron chi connectivity index (χ2n) is 6.34. The molecule has 0 unspecified atom stereocenters. The molecule has 4 heteroatoms. The SMILES string of the molecule is Oc1cccc([C@H](C2CCCCC2)N2CCNCC2)c1O. The number of phenolic OH excluding ortho intramolecular Hbond substituents is 2. The third-order valence-corrected chi connectivity index (χ3v) is 5.01. The molecule has 0 radical (unpaired) electrons. The Morgan fingerprint density at radius 1 is 1.05 bits per heavy atom. The molecule has 2 aliphatic rings. The highest BCUT2D eigenvalue weighted by Crippen LogP contribution is 2.43. The van der Waals surface area contributed by atoms with Crippen LogP contribution in [0.1, 0.15) is 43.7 Å². The zero-order chi connectivity index (χ0) is 14.7. The monoisotopic (exact) mass is 290 g/mol. The van der Waals surface area contributed by atoms with Gasteiger partial charge in [0.05, 0.1) is 0 Å². The summed E-state index contributed by atoms with van der Waals surface area (Å²) in [6, 6.07) is 5.63. The van der Waals surface area contributed by atoms with E-state index in [-0.39, 0.29) is 17.5 Å². The molecule has 0 amide bonds. The van der Waals surface area contributed by atoms with Gasteiger partial charge in [-0.05, 0) is 24.8 Å². The Morgan fingerprint density at radius 3 is 2.48 bits per heavy atom. The summed E-state index contributed by atoms with van der Waals surface area (Å²) in [4.78, 5) is 2.49. The number of aromatic hydroxyl groups is 2. The number of nitrogens with one attached hydrogen (secondary N) is 1. The van der Waals surface area contributed by atoms with E-state index in [0.29, 0.717) is 5.92 Å². The van der Waals surface area contributed by atoms with E-state index in [1.807, 2.05) is 12.1 Å². The molecule has 3 rings (SSSR count).